The zero-order valence-corrected chi connectivity index (χ0v) is 10.4. The Bertz CT molecular complexity index is 533. The molecule has 0 aliphatic rings. The average Bonchev–Trinajstić information content (AvgIpc) is 2.84. The smallest absolute Gasteiger partial charge is 0.213 e. The Morgan fingerprint density at radius 2 is 2.35 bits per heavy atom. The highest BCUT2D eigenvalue weighted by Gasteiger charge is 2.02. The first-order valence-corrected chi connectivity index (χ1v) is 5.77. The van der Waals surface area contributed by atoms with Crippen LogP contribution < -0.4 is 5.32 Å². The van der Waals surface area contributed by atoms with Crippen LogP contribution in [0.4, 0.5) is 5.69 Å². The Morgan fingerprint density at radius 3 is 3.00 bits per heavy atom. The third kappa shape index (κ3) is 3.04. The summed E-state index contributed by atoms with van der Waals surface area (Å²) in [4.78, 5) is 3.92. The number of benzene rings is 1. The molecule has 0 fully saturated rings. The fourth-order valence-electron chi connectivity index (χ4n) is 1.34. The highest BCUT2D eigenvalue weighted by atomic mass is 79.9. The number of hydrogen-bond donors (Lipinski definition) is 1. The number of halogens is 1. The van der Waals surface area contributed by atoms with Gasteiger partial charge in [0.15, 0.2) is 5.82 Å². The maximum atomic E-state index is 8.74. The van der Waals surface area contributed by atoms with Crippen LogP contribution in [-0.2, 0) is 6.42 Å². The van der Waals surface area contributed by atoms with Crippen LogP contribution >= 0.6 is 15.9 Å². The highest BCUT2D eigenvalue weighted by Crippen LogP contribution is 2.23. The monoisotopic (exact) mass is 292 g/mol. The minimum absolute atomic E-state index is 0.626. The van der Waals surface area contributed by atoms with Gasteiger partial charge in [-0.15, -0.1) is 0 Å². The molecule has 2 aromatic rings. The molecular formula is C11H9BrN4O. The standard InChI is InChI=1S/C11H9BrN4O/c12-9-5-8(6-13)1-2-10(9)14-4-3-11-15-7-17-16-11/h1-2,5,7,14H,3-4H2. The van der Waals surface area contributed by atoms with E-state index < -0.39 is 0 Å². The molecule has 17 heavy (non-hydrogen) atoms. The Kier molecular flexibility index (Phi) is 3.73. The fourth-order valence-corrected chi connectivity index (χ4v) is 1.86. The van der Waals surface area contributed by atoms with E-state index in [-0.39, 0.29) is 0 Å². The van der Waals surface area contributed by atoms with Gasteiger partial charge in [-0.25, -0.2) is 0 Å². The van der Waals surface area contributed by atoms with E-state index >= 15 is 0 Å². The molecule has 1 aromatic carbocycles. The maximum absolute atomic E-state index is 8.74. The van der Waals surface area contributed by atoms with Gasteiger partial charge >= 0.3 is 0 Å². The van der Waals surface area contributed by atoms with Crippen molar-refractivity contribution in [1.29, 1.82) is 5.26 Å². The van der Waals surface area contributed by atoms with E-state index in [0.717, 1.165) is 10.2 Å². The van der Waals surface area contributed by atoms with Gasteiger partial charge in [-0.3, -0.25) is 0 Å². The van der Waals surface area contributed by atoms with Crippen molar-refractivity contribution in [3.63, 3.8) is 0 Å². The molecule has 0 radical (unpaired) electrons. The van der Waals surface area contributed by atoms with Crippen LogP contribution in [0.25, 0.3) is 0 Å². The molecule has 0 bridgehead atoms. The zero-order valence-electron chi connectivity index (χ0n) is 8.85. The summed E-state index contributed by atoms with van der Waals surface area (Å²) in [6, 6.07) is 7.48. The predicted molar refractivity (Wildman–Crippen MR) is 65.3 cm³/mol. The van der Waals surface area contributed by atoms with Crippen LogP contribution in [0.2, 0.25) is 0 Å². The van der Waals surface area contributed by atoms with Crippen molar-refractivity contribution in [2.24, 2.45) is 0 Å². The largest absolute Gasteiger partial charge is 0.384 e. The van der Waals surface area contributed by atoms with Gasteiger partial charge in [-0.1, -0.05) is 5.16 Å². The van der Waals surface area contributed by atoms with E-state index in [1.165, 1.54) is 6.39 Å². The molecule has 6 heteroatoms. The Balaban J connectivity index is 1.93. The number of anilines is 1. The third-order valence-electron chi connectivity index (χ3n) is 2.17. The topological polar surface area (TPSA) is 74.7 Å². The van der Waals surface area contributed by atoms with Crippen molar-refractivity contribution in [3.8, 4) is 6.07 Å². The second kappa shape index (κ2) is 5.46. The van der Waals surface area contributed by atoms with E-state index in [0.29, 0.717) is 24.4 Å². The minimum Gasteiger partial charge on any atom is -0.384 e. The van der Waals surface area contributed by atoms with E-state index in [1.54, 1.807) is 12.1 Å². The van der Waals surface area contributed by atoms with Crippen molar-refractivity contribution < 1.29 is 4.52 Å². The first-order valence-electron chi connectivity index (χ1n) is 4.98. The molecule has 0 aliphatic heterocycles. The number of hydrogen-bond acceptors (Lipinski definition) is 5. The Labute approximate surface area is 107 Å². The van der Waals surface area contributed by atoms with Gasteiger partial charge in [0.05, 0.1) is 11.6 Å². The quantitative estimate of drug-likeness (QED) is 0.936. The molecule has 0 saturated heterocycles. The first kappa shape index (κ1) is 11.6. The molecule has 0 unspecified atom stereocenters. The summed E-state index contributed by atoms with van der Waals surface area (Å²) < 4.78 is 5.50. The molecule has 0 amide bonds. The van der Waals surface area contributed by atoms with Gasteiger partial charge in [0.1, 0.15) is 0 Å². The molecule has 2 rings (SSSR count). The summed E-state index contributed by atoms with van der Waals surface area (Å²) in [5.74, 6) is 0.669. The van der Waals surface area contributed by atoms with E-state index in [1.807, 2.05) is 6.07 Å². The minimum atomic E-state index is 0.626. The molecule has 0 spiro atoms. The second-order valence-electron chi connectivity index (χ2n) is 3.33. The van der Waals surface area contributed by atoms with E-state index in [4.69, 9.17) is 5.26 Å². The number of nitrogens with one attached hydrogen (secondary N) is 1. The lowest BCUT2D eigenvalue weighted by Gasteiger charge is -2.07. The number of nitriles is 1. The van der Waals surface area contributed by atoms with Crippen LogP contribution in [0.1, 0.15) is 11.4 Å². The Morgan fingerprint density at radius 1 is 1.47 bits per heavy atom. The molecule has 0 aliphatic carbocycles. The van der Waals surface area contributed by atoms with Gasteiger partial charge in [-0.05, 0) is 34.1 Å². The van der Waals surface area contributed by atoms with E-state index in [9.17, 15) is 0 Å². The molecular weight excluding hydrogens is 284 g/mol. The molecule has 1 N–H and O–H groups in total. The summed E-state index contributed by atoms with van der Waals surface area (Å²) >= 11 is 3.40. The van der Waals surface area contributed by atoms with Crippen molar-refractivity contribution in [1.82, 2.24) is 10.1 Å². The molecule has 0 saturated carbocycles. The summed E-state index contributed by atoms with van der Waals surface area (Å²) in [5.41, 5.74) is 1.56. The molecule has 1 aromatic heterocycles. The van der Waals surface area contributed by atoms with Crippen LogP contribution in [0.5, 0.6) is 0 Å². The normalized spacial score (nSPS) is 9.88. The summed E-state index contributed by atoms with van der Waals surface area (Å²) in [5, 5.41) is 15.7. The van der Waals surface area contributed by atoms with Gasteiger partial charge in [0, 0.05) is 23.1 Å². The molecule has 0 atom stereocenters. The van der Waals surface area contributed by atoms with Crippen molar-refractivity contribution >= 4 is 21.6 Å². The zero-order chi connectivity index (χ0) is 12.1. The average molecular weight is 293 g/mol. The van der Waals surface area contributed by atoms with Crippen LogP contribution in [0.3, 0.4) is 0 Å². The summed E-state index contributed by atoms with van der Waals surface area (Å²) in [7, 11) is 0. The summed E-state index contributed by atoms with van der Waals surface area (Å²) in [6.45, 7) is 0.698. The summed E-state index contributed by atoms with van der Waals surface area (Å²) in [6.07, 6.45) is 2.00. The predicted octanol–water partition coefficient (Wildman–Crippen LogP) is 2.36. The molecule has 5 nitrogen and oxygen atoms in total. The number of rotatable bonds is 4. The SMILES string of the molecule is N#Cc1ccc(NCCc2ncon2)c(Br)c1. The van der Waals surface area contributed by atoms with Crippen molar-refractivity contribution in [2.75, 3.05) is 11.9 Å². The van der Waals surface area contributed by atoms with Crippen molar-refractivity contribution in [3.05, 3.63) is 40.5 Å². The molecule has 1 heterocycles. The highest BCUT2D eigenvalue weighted by molar-refractivity contribution is 9.10. The maximum Gasteiger partial charge on any atom is 0.213 e. The lowest BCUT2D eigenvalue weighted by Crippen LogP contribution is -2.06. The van der Waals surface area contributed by atoms with Gasteiger partial charge < -0.3 is 9.84 Å². The van der Waals surface area contributed by atoms with Crippen LogP contribution in [0, 0.1) is 11.3 Å². The van der Waals surface area contributed by atoms with Gasteiger partial charge in [-0.2, -0.15) is 10.2 Å². The van der Waals surface area contributed by atoms with E-state index in [2.05, 4.69) is 42.0 Å². The number of aromatic nitrogens is 2. The van der Waals surface area contributed by atoms with Crippen LogP contribution in [-0.4, -0.2) is 16.7 Å². The first-order chi connectivity index (χ1) is 8.29. The lowest BCUT2D eigenvalue weighted by molar-refractivity contribution is 0.410. The second-order valence-corrected chi connectivity index (χ2v) is 4.18. The third-order valence-corrected chi connectivity index (χ3v) is 2.83. The lowest BCUT2D eigenvalue weighted by atomic mass is 10.2. The molecule has 86 valence electrons. The van der Waals surface area contributed by atoms with Crippen LogP contribution in [0.15, 0.2) is 33.6 Å². The van der Waals surface area contributed by atoms with Gasteiger partial charge in [0.2, 0.25) is 6.39 Å². The van der Waals surface area contributed by atoms with Gasteiger partial charge in [0.25, 0.3) is 0 Å². The number of nitrogens with zero attached hydrogens (tertiary/aromatic N) is 3. The fraction of sp³-hybridized carbons (Fsp3) is 0.182. The Hall–Kier alpha value is -1.87. The van der Waals surface area contributed by atoms with Crippen molar-refractivity contribution in [2.45, 2.75) is 6.42 Å².